The molecule has 0 radical (unpaired) electrons. The Morgan fingerprint density at radius 1 is 1.50 bits per heavy atom. The van der Waals surface area contributed by atoms with E-state index >= 15 is 0 Å². The summed E-state index contributed by atoms with van der Waals surface area (Å²) < 4.78 is 0. The number of aliphatic hydroxyl groups is 1. The van der Waals surface area contributed by atoms with E-state index in [1.54, 1.807) is 18.2 Å². The largest absolute Gasteiger partial charge is 0.388 e. The van der Waals surface area contributed by atoms with Crippen LogP contribution in [0, 0.1) is 10.1 Å². The molecule has 1 atom stereocenters. The SMILES string of the molecule is CC(O)c1ccccc1[15N+](=O)[O-]. The van der Waals surface area contributed by atoms with Crippen LogP contribution in [0.2, 0.25) is 0 Å². The van der Waals surface area contributed by atoms with Crippen molar-refractivity contribution in [3.63, 3.8) is 0 Å². The van der Waals surface area contributed by atoms with Crippen LogP contribution in [0.1, 0.15) is 18.6 Å². The molecule has 0 heterocycles. The van der Waals surface area contributed by atoms with Gasteiger partial charge in [0.15, 0.2) is 0 Å². The van der Waals surface area contributed by atoms with Gasteiger partial charge in [0.25, 0.3) is 5.69 Å². The molecule has 0 bridgehead atoms. The van der Waals surface area contributed by atoms with Crippen molar-refractivity contribution < 1.29 is 10.0 Å². The molecule has 1 aromatic rings. The van der Waals surface area contributed by atoms with Crippen LogP contribution in [0.15, 0.2) is 24.3 Å². The molecule has 64 valence electrons. The number of nitro groups is 1. The Morgan fingerprint density at radius 3 is 2.50 bits per heavy atom. The first kappa shape index (κ1) is 8.67. The van der Waals surface area contributed by atoms with Gasteiger partial charge in [-0.25, -0.2) is 0 Å². The average Bonchev–Trinajstić information content (AvgIpc) is 2.04. The molecule has 0 fully saturated rings. The zero-order valence-electron chi connectivity index (χ0n) is 6.60. The van der Waals surface area contributed by atoms with Gasteiger partial charge in [-0.3, -0.25) is 10.1 Å². The van der Waals surface area contributed by atoms with Crippen molar-refractivity contribution in [2.75, 3.05) is 0 Å². The Bertz CT molecular complexity index is 296. The molecule has 1 aromatic carbocycles. The average molecular weight is 168 g/mol. The van der Waals surface area contributed by atoms with Gasteiger partial charge in [-0.2, -0.15) is 0 Å². The maximum atomic E-state index is 10.4. The maximum absolute atomic E-state index is 10.4. The summed E-state index contributed by atoms with van der Waals surface area (Å²) in [4.78, 5) is 9.92. The van der Waals surface area contributed by atoms with E-state index in [-0.39, 0.29) is 5.69 Å². The van der Waals surface area contributed by atoms with Crippen molar-refractivity contribution in [1.29, 1.82) is 0 Å². The van der Waals surface area contributed by atoms with Crippen molar-refractivity contribution in [3.05, 3.63) is 39.9 Å². The van der Waals surface area contributed by atoms with Gasteiger partial charge >= 0.3 is 0 Å². The zero-order valence-corrected chi connectivity index (χ0v) is 6.60. The van der Waals surface area contributed by atoms with Crippen molar-refractivity contribution in [2.45, 2.75) is 13.0 Å². The number of hydrogen-bond acceptors (Lipinski definition) is 3. The number of nitrogens with zero attached hydrogens (tertiary/aromatic N) is 1. The molecular formula is C8H9NO3. The normalized spacial score (nSPS) is 12.5. The molecule has 1 unspecified atom stereocenters. The Balaban J connectivity index is 3.17. The van der Waals surface area contributed by atoms with E-state index in [2.05, 4.69) is 0 Å². The molecule has 0 spiro atoms. The number of para-hydroxylation sites is 1. The highest BCUT2D eigenvalue weighted by molar-refractivity contribution is 5.40. The number of rotatable bonds is 2. The lowest BCUT2D eigenvalue weighted by Gasteiger charge is -2.03. The molecule has 1 N–H and O–H groups in total. The van der Waals surface area contributed by atoms with E-state index in [0.29, 0.717) is 5.56 Å². The fraction of sp³-hybridized carbons (Fsp3) is 0.250. The smallest absolute Gasteiger partial charge is 0.275 e. The monoisotopic (exact) mass is 168 g/mol. The molecule has 0 aromatic heterocycles. The van der Waals surface area contributed by atoms with Gasteiger partial charge < -0.3 is 5.11 Å². The molecule has 0 aliphatic heterocycles. The summed E-state index contributed by atoms with van der Waals surface area (Å²) in [5.74, 6) is 0. The van der Waals surface area contributed by atoms with E-state index in [9.17, 15) is 10.1 Å². The molecule has 0 aliphatic carbocycles. The highest BCUT2D eigenvalue weighted by Gasteiger charge is 2.15. The van der Waals surface area contributed by atoms with E-state index in [4.69, 9.17) is 5.11 Å². The molecule has 0 saturated heterocycles. The van der Waals surface area contributed by atoms with Crippen LogP contribution in [-0.2, 0) is 0 Å². The third kappa shape index (κ3) is 1.60. The van der Waals surface area contributed by atoms with Gasteiger partial charge in [-0.1, -0.05) is 12.1 Å². The van der Waals surface area contributed by atoms with E-state index < -0.39 is 11.0 Å². The van der Waals surface area contributed by atoms with E-state index in [1.165, 1.54) is 13.0 Å². The lowest BCUT2D eigenvalue weighted by Crippen LogP contribution is -1.98. The second-order valence-electron chi connectivity index (χ2n) is 2.49. The molecule has 0 amide bonds. The highest BCUT2D eigenvalue weighted by atomic mass is 16.9. The van der Waals surface area contributed by atoms with E-state index in [1.807, 2.05) is 0 Å². The van der Waals surface area contributed by atoms with Gasteiger partial charge in [-0.15, -0.1) is 0 Å². The Labute approximate surface area is 69.6 Å². The van der Waals surface area contributed by atoms with Crippen LogP contribution in [0.4, 0.5) is 5.69 Å². The Kier molecular flexibility index (Phi) is 2.40. The van der Waals surface area contributed by atoms with Crippen LogP contribution in [0.3, 0.4) is 0 Å². The van der Waals surface area contributed by atoms with Gasteiger partial charge in [0.05, 0.1) is 16.6 Å². The summed E-state index contributed by atoms with van der Waals surface area (Å²) in [7, 11) is 0. The molecule has 4 heteroatoms. The van der Waals surface area contributed by atoms with Gasteiger partial charge in [0, 0.05) is 6.07 Å². The molecule has 0 aliphatic rings. The van der Waals surface area contributed by atoms with Crippen LogP contribution in [0.25, 0.3) is 0 Å². The first-order valence-electron chi connectivity index (χ1n) is 3.54. The molecule has 0 saturated carbocycles. The Morgan fingerprint density at radius 2 is 2.08 bits per heavy atom. The van der Waals surface area contributed by atoms with Crippen molar-refractivity contribution in [1.82, 2.24) is 0 Å². The zero-order chi connectivity index (χ0) is 9.14. The highest BCUT2D eigenvalue weighted by Crippen LogP contribution is 2.23. The number of hydrogen-bond donors (Lipinski definition) is 1. The van der Waals surface area contributed by atoms with Crippen molar-refractivity contribution in [2.24, 2.45) is 0 Å². The minimum absolute atomic E-state index is 0.0347. The van der Waals surface area contributed by atoms with Crippen molar-refractivity contribution >= 4 is 5.69 Å². The lowest BCUT2D eigenvalue weighted by atomic mass is 10.1. The van der Waals surface area contributed by atoms with Crippen LogP contribution in [-0.4, -0.2) is 10.0 Å². The van der Waals surface area contributed by atoms with Gasteiger partial charge in [0.1, 0.15) is 0 Å². The molecule has 12 heavy (non-hydrogen) atoms. The van der Waals surface area contributed by atoms with Crippen LogP contribution >= 0.6 is 0 Å². The van der Waals surface area contributed by atoms with Crippen LogP contribution < -0.4 is 0 Å². The summed E-state index contributed by atoms with van der Waals surface area (Å²) in [5.41, 5.74) is 0.315. The molecule has 4 nitrogen and oxygen atoms in total. The fourth-order valence-electron chi connectivity index (χ4n) is 1.01. The lowest BCUT2D eigenvalue weighted by molar-refractivity contribution is -0.386. The predicted octanol–water partition coefficient (Wildman–Crippen LogP) is 1.65. The summed E-state index contributed by atoms with van der Waals surface area (Å²) >= 11 is 0. The second-order valence-corrected chi connectivity index (χ2v) is 2.49. The quantitative estimate of drug-likeness (QED) is 0.415. The minimum atomic E-state index is -0.799. The third-order valence-electron chi connectivity index (χ3n) is 1.58. The van der Waals surface area contributed by atoms with E-state index in [0.717, 1.165) is 0 Å². The number of nitro benzene ring substituents is 1. The van der Waals surface area contributed by atoms with Gasteiger partial charge in [0.2, 0.25) is 0 Å². The summed E-state index contributed by atoms with van der Waals surface area (Å²) in [6, 6.07) is 6.16. The summed E-state index contributed by atoms with van der Waals surface area (Å²) in [5, 5.41) is 19.6. The third-order valence-corrected chi connectivity index (χ3v) is 1.58. The van der Waals surface area contributed by atoms with Crippen molar-refractivity contribution in [3.8, 4) is 0 Å². The maximum Gasteiger partial charge on any atom is 0.275 e. The standard InChI is InChI=1S/C8H9NO3/c1-6(10)7-4-2-3-5-8(7)9(11)12/h2-6,10H,1H3/i9+1. The van der Waals surface area contributed by atoms with Gasteiger partial charge in [-0.05, 0) is 13.0 Å². The number of benzene rings is 1. The Hall–Kier alpha value is -1.42. The fourth-order valence-corrected chi connectivity index (χ4v) is 1.01. The van der Waals surface area contributed by atoms with Crippen LogP contribution in [0.5, 0.6) is 0 Å². The summed E-state index contributed by atoms with van der Waals surface area (Å²) in [6.45, 7) is 1.50. The first-order valence-corrected chi connectivity index (χ1v) is 3.54. The predicted molar refractivity (Wildman–Crippen MR) is 43.7 cm³/mol. The second kappa shape index (κ2) is 3.32. The minimum Gasteiger partial charge on any atom is -0.388 e. The molecule has 1 rings (SSSR count). The summed E-state index contributed by atoms with van der Waals surface area (Å²) in [6.07, 6.45) is -0.799. The topological polar surface area (TPSA) is 63.4 Å². The number of aliphatic hydroxyl groups excluding tert-OH is 1. The first-order chi connectivity index (χ1) is 5.63. The molecular weight excluding hydrogens is 159 g/mol.